The van der Waals surface area contributed by atoms with Gasteiger partial charge in [-0.25, -0.2) is 0 Å². The smallest absolute Gasteiger partial charge is 0.390 e. The summed E-state index contributed by atoms with van der Waals surface area (Å²) in [4.78, 5) is 6.22. The number of benzene rings is 2. The van der Waals surface area contributed by atoms with E-state index in [2.05, 4.69) is 9.80 Å². The molecule has 2 unspecified atom stereocenters. The molecule has 4 rings (SSSR count). The van der Waals surface area contributed by atoms with E-state index in [4.69, 9.17) is 11.6 Å². The van der Waals surface area contributed by atoms with E-state index < -0.39 is 17.8 Å². The van der Waals surface area contributed by atoms with Crippen LogP contribution in [0.4, 0.5) is 18.9 Å². The summed E-state index contributed by atoms with van der Waals surface area (Å²) in [5, 5.41) is 11.3. The molecule has 162 valence electrons. The van der Waals surface area contributed by atoms with Gasteiger partial charge < -0.3 is 10.0 Å². The van der Waals surface area contributed by atoms with E-state index >= 15 is 0 Å². The van der Waals surface area contributed by atoms with Gasteiger partial charge in [0, 0.05) is 56.5 Å². The maximum absolute atomic E-state index is 13.4. The number of halogens is 4. The quantitative estimate of drug-likeness (QED) is 0.786. The molecule has 2 aliphatic rings. The number of aliphatic hydroxyl groups is 1. The second-order valence-corrected chi connectivity index (χ2v) is 8.43. The van der Waals surface area contributed by atoms with E-state index in [-0.39, 0.29) is 18.3 Å². The summed E-state index contributed by atoms with van der Waals surface area (Å²) in [7, 11) is 0. The van der Waals surface area contributed by atoms with E-state index in [9.17, 15) is 18.3 Å². The van der Waals surface area contributed by atoms with Crippen molar-refractivity contribution in [3.8, 4) is 0 Å². The van der Waals surface area contributed by atoms with Crippen molar-refractivity contribution < 1.29 is 18.3 Å². The van der Waals surface area contributed by atoms with Crippen molar-refractivity contribution in [1.29, 1.82) is 0 Å². The molecule has 0 aliphatic carbocycles. The minimum absolute atomic E-state index is 0.146. The number of aliphatic hydroxyl groups excluding tert-OH is 1. The SMILES string of the molecule is OC1CN(c2ccccc2C(F)(F)F)CC1N1CCN(Cc2ccc(Cl)cc2)CC1. The Morgan fingerprint density at radius 1 is 0.933 bits per heavy atom. The van der Waals surface area contributed by atoms with Gasteiger partial charge in [-0.15, -0.1) is 0 Å². The standard InChI is InChI=1S/C22H25ClF3N3O/c23-17-7-5-16(6-8-17)13-27-9-11-28(12-10-27)20-14-29(15-21(20)30)19-4-2-1-3-18(19)22(24,25)26/h1-8,20-21,30H,9-15H2. The highest BCUT2D eigenvalue weighted by molar-refractivity contribution is 6.30. The van der Waals surface area contributed by atoms with Gasteiger partial charge in [0.1, 0.15) is 0 Å². The molecule has 2 fully saturated rings. The Balaban J connectivity index is 1.37. The molecule has 2 saturated heterocycles. The number of anilines is 1. The lowest BCUT2D eigenvalue weighted by Crippen LogP contribution is -2.53. The van der Waals surface area contributed by atoms with Gasteiger partial charge in [0.2, 0.25) is 0 Å². The molecular formula is C22H25ClF3N3O. The summed E-state index contributed by atoms with van der Waals surface area (Å²) < 4.78 is 40.1. The molecule has 30 heavy (non-hydrogen) atoms. The van der Waals surface area contributed by atoms with Crippen LogP contribution in [0.5, 0.6) is 0 Å². The zero-order valence-corrected chi connectivity index (χ0v) is 17.3. The molecule has 8 heteroatoms. The lowest BCUT2D eigenvalue weighted by molar-refractivity contribution is -0.137. The van der Waals surface area contributed by atoms with Crippen LogP contribution >= 0.6 is 11.6 Å². The molecule has 1 N–H and O–H groups in total. The second-order valence-electron chi connectivity index (χ2n) is 7.99. The van der Waals surface area contributed by atoms with Crippen molar-refractivity contribution in [2.45, 2.75) is 24.9 Å². The number of β-amino-alcohol motifs (C(OH)–C–C–N with tert-alkyl or cyclic N) is 1. The zero-order valence-electron chi connectivity index (χ0n) is 16.5. The Labute approximate surface area is 179 Å². The van der Waals surface area contributed by atoms with Crippen LogP contribution < -0.4 is 4.90 Å². The molecule has 4 nitrogen and oxygen atoms in total. The maximum Gasteiger partial charge on any atom is 0.418 e. The molecule has 0 saturated carbocycles. The normalized spacial score (nSPS) is 23.8. The summed E-state index contributed by atoms with van der Waals surface area (Å²) in [6.45, 7) is 4.71. The van der Waals surface area contributed by atoms with Gasteiger partial charge >= 0.3 is 6.18 Å². The first kappa shape index (κ1) is 21.4. The molecule has 0 aromatic heterocycles. The molecule has 2 atom stereocenters. The van der Waals surface area contributed by atoms with Crippen molar-refractivity contribution >= 4 is 17.3 Å². The Kier molecular flexibility index (Phi) is 6.25. The van der Waals surface area contributed by atoms with Crippen LogP contribution in [-0.4, -0.2) is 66.3 Å². The number of para-hydroxylation sites is 1. The van der Waals surface area contributed by atoms with Gasteiger partial charge in [-0.2, -0.15) is 13.2 Å². The molecule has 2 aliphatic heterocycles. The van der Waals surface area contributed by atoms with E-state index in [1.807, 2.05) is 24.3 Å². The topological polar surface area (TPSA) is 30.0 Å². The fraction of sp³-hybridized carbons (Fsp3) is 0.455. The minimum Gasteiger partial charge on any atom is -0.390 e. The molecule has 2 aromatic carbocycles. The highest BCUT2D eigenvalue weighted by Crippen LogP contribution is 2.38. The number of hydrogen-bond acceptors (Lipinski definition) is 4. The van der Waals surface area contributed by atoms with Crippen LogP contribution in [0.1, 0.15) is 11.1 Å². The van der Waals surface area contributed by atoms with E-state index in [0.717, 1.165) is 43.8 Å². The first-order valence-electron chi connectivity index (χ1n) is 10.1. The number of hydrogen-bond donors (Lipinski definition) is 1. The maximum atomic E-state index is 13.4. The molecule has 0 spiro atoms. The van der Waals surface area contributed by atoms with Crippen LogP contribution in [0.15, 0.2) is 48.5 Å². The average Bonchev–Trinajstić information content (AvgIpc) is 3.11. The first-order chi connectivity index (χ1) is 14.3. The number of nitrogens with zero attached hydrogens (tertiary/aromatic N) is 3. The van der Waals surface area contributed by atoms with Crippen LogP contribution in [0.2, 0.25) is 5.02 Å². The van der Waals surface area contributed by atoms with Gasteiger partial charge in [-0.05, 0) is 29.8 Å². The Morgan fingerprint density at radius 3 is 2.27 bits per heavy atom. The predicted molar refractivity (Wildman–Crippen MR) is 112 cm³/mol. The third-order valence-corrected chi connectivity index (χ3v) is 6.26. The summed E-state index contributed by atoms with van der Waals surface area (Å²) in [6, 6.07) is 13.2. The van der Waals surface area contributed by atoms with E-state index in [0.29, 0.717) is 6.54 Å². The summed E-state index contributed by atoms with van der Waals surface area (Å²) in [5.41, 5.74) is 0.697. The van der Waals surface area contributed by atoms with E-state index in [1.165, 1.54) is 17.7 Å². The molecule has 0 bridgehead atoms. The van der Waals surface area contributed by atoms with Gasteiger partial charge in [0.15, 0.2) is 0 Å². The molecule has 0 amide bonds. The van der Waals surface area contributed by atoms with Crippen LogP contribution in [0.3, 0.4) is 0 Å². The summed E-state index contributed by atoms with van der Waals surface area (Å²) in [5.74, 6) is 0. The zero-order chi connectivity index (χ0) is 21.3. The predicted octanol–water partition coefficient (Wildman–Crippen LogP) is 3.73. The Hall–Kier alpha value is -1.80. The Bertz CT molecular complexity index is 853. The third-order valence-electron chi connectivity index (χ3n) is 6.00. The lowest BCUT2D eigenvalue weighted by atomic mass is 10.1. The number of rotatable bonds is 4. The van der Waals surface area contributed by atoms with E-state index in [1.54, 1.807) is 11.0 Å². The first-order valence-corrected chi connectivity index (χ1v) is 10.5. The van der Waals surface area contributed by atoms with Crippen molar-refractivity contribution in [3.63, 3.8) is 0 Å². The molecule has 2 aromatic rings. The van der Waals surface area contributed by atoms with Crippen LogP contribution in [0.25, 0.3) is 0 Å². The molecule has 0 radical (unpaired) electrons. The van der Waals surface area contributed by atoms with Gasteiger partial charge in [-0.1, -0.05) is 35.9 Å². The highest BCUT2D eigenvalue weighted by atomic mass is 35.5. The van der Waals surface area contributed by atoms with Crippen LogP contribution in [-0.2, 0) is 12.7 Å². The minimum atomic E-state index is -4.41. The molecule has 2 heterocycles. The highest BCUT2D eigenvalue weighted by Gasteiger charge is 2.40. The van der Waals surface area contributed by atoms with Crippen molar-refractivity contribution in [2.24, 2.45) is 0 Å². The van der Waals surface area contributed by atoms with Crippen molar-refractivity contribution in [2.75, 3.05) is 44.2 Å². The number of alkyl halides is 3. The van der Waals surface area contributed by atoms with Gasteiger partial charge in [0.05, 0.1) is 17.7 Å². The summed E-state index contributed by atoms with van der Waals surface area (Å²) in [6.07, 6.45) is -5.08. The largest absolute Gasteiger partial charge is 0.418 e. The third kappa shape index (κ3) is 4.75. The average molecular weight is 440 g/mol. The van der Waals surface area contributed by atoms with Gasteiger partial charge in [-0.3, -0.25) is 9.80 Å². The monoisotopic (exact) mass is 439 g/mol. The van der Waals surface area contributed by atoms with Crippen molar-refractivity contribution in [3.05, 3.63) is 64.7 Å². The van der Waals surface area contributed by atoms with Gasteiger partial charge in [0.25, 0.3) is 0 Å². The summed E-state index contributed by atoms with van der Waals surface area (Å²) >= 11 is 5.94. The van der Waals surface area contributed by atoms with Crippen molar-refractivity contribution in [1.82, 2.24) is 9.80 Å². The fourth-order valence-electron chi connectivity index (χ4n) is 4.42. The second kappa shape index (κ2) is 8.75. The number of piperazine rings is 1. The molecular weight excluding hydrogens is 415 g/mol. The fourth-order valence-corrected chi connectivity index (χ4v) is 4.54. The Morgan fingerprint density at radius 2 is 1.60 bits per heavy atom. The lowest BCUT2D eigenvalue weighted by Gasteiger charge is -2.38. The van der Waals surface area contributed by atoms with Crippen LogP contribution in [0, 0.1) is 0 Å².